The highest BCUT2D eigenvalue weighted by molar-refractivity contribution is 7.53. The molecule has 3 N–H and O–H groups in total. The van der Waals surface area contributed by atoms with Crippen LogP contribution in [-0.2, 0) is 9.36 Å². The molecule has 1 atom stereocenters. The highest BCUT2D eigenvalue weighted by Gasteiger charge is 2.38. The molecule has 0 radical (unpaired) electrons. The van der Waals surface area contributed by atoms with E-state index in [1.54, 1.807) is 47.9 Å². The van der Waals surface area contributed by atoms with E-state index in [1.165, 1.54) is 31.8 Å². The molecule has 1 aromatic heterocycles. The number of fused-ring (bicyclic) bond motifs is 1. The van der Waals surface area contributed by atoms with E-state index < -0.39 is 19.2 Å². The van der Waals surface area contributed by atoms with Gasteiger partial charge in [0, 0.05) is 22.0 Å². The number of amides is 1. The molecule has 1 amide bonds. The van der Waals surface area contributed by atoms with Crippen molar-refractivity contribution in [2.24, 2.45) is 0 Å². The second-order valence-electron chi connectivity index (χ2n) is 6.31. The quantitative estimate of drug-likeness (QED) is 0.439. The summed E-state index contributed by atoms with van der Waals surface area (Å²) in [5.74, 6) is 0.305. The molecule has 0 aliphatic rings. The Morgan fingerprint density at radius 2 is 1.83 bits per heavy atom. The van der Waals surface area contributed by atoms with Crippen molar-refractivity contribution >= 4 is 52.6 Å². The van der Waals surface area contributed by atoms with E-state index in [0.717, 1.165) is 4.70 Å². The average molecular weight is 468 g/mol. The molecule has 1 heterocycles. The molecule has 10 heteroatoms. The van der Waals surface area contributed by atoms with Gasteiger partial charge in [-0.1, -0.05) is 11.6 Å². The zero-order valence-corrected chi connectivity index (χ0v) is 18.5. The number of hydrogen-bond acceptors (Lipinski definition) is 5. The van der Waals surface area contributed by atoms with Crippen molar-refractivity contribution in [3.63, 3.8) is 0 Å². The Hall–Kier alpha value is -2.35. The van der Waals surface area contributed by atoms with E-state index in [2.05, 4.69) is 5.32 Å². The fourth-order valence-electron chi connectivity index (χ4n) is 2.93. The molecule has 7 nitrogen and oxygen atoms in total. The highest BCUT2D eigenvalue weighted by atomic mass is 35.5. The maximum Gasteiger partial charge on any atom is 0.342 e. The van der Waals surface area contributed by atoms with Crippen LogP contribution in [0.3, 0.4) is 0 Å². The number of benzene rings is 2. The molecule has 158 valence electrons. The summed E-state index contributed by atoms with van der Waals surface area (Å²) in [6.45, 7) is 0. The topological polar surface area (TPSA) is 105 Å². The van der Waals surface area contributed by atoms with Gasteiger partial charge >= 0.3 is 7.60 Å². The van der Waals surface area contributed by atoms with E-state index in [9.17, 15) is 19.1 Å². The molecular weight excluding hydrogens is 449 g/mol. The van der Waals surface area contributed by atoms with Crippen LogP contribution in [0.2, 0.25) is 5.02 Å². The van der Waals surface area contributed by atoms with Crippen LogP contribution in [0.1, 0.15) is 16.8 Å². The van der Waals surface area contributed by atoms with Crippen LogP contribution in [0.4, 0.5) is 0 Å². The van der Waals surface area contributed by atoms with Crippen LogP contribution < -0.4 is 14.8 Å². The Bertz CT molecular complexity index is 1130. The first-order valence-electron chi connectivity index (χ1n) is 8.65. The molecule has 0 spiro atoms. The van der Waals surface area contributed by atoms with E-state index in [-0.39, 0.29) is 5.56 Å². The predicted molar refractivity (Wildman–Crippen MR) is 118 cm³/mol. The lowest BCUT2D eigenvalue weighted by atomic mass is 10.1. The maximum absolute atomic E-state index is 12.7. The third-order valence-electron chi connectivity index (χ3n) is 4.32. The second-order valence-corrected chi connectivity index (χ2v) is 9.35. The highest BCUT2D eigenvalue weighted by Crippen LogP contribution is 2.54. The zero-order chi connectivity index (χ0) is 21.9. The Morgan fingerprint density at radius 1 is 1.17 bits per heavy atom. The first-order chi connectivity index (χ1) is 14.2. The molecular formula is C20H19ClNO6PS. The van der Waals surface area contributed by atoms with Gasteiger partial charge in [-0.25, -0.2) is 0 Å². The number of ether oxygens (including phenoxy) is 2. The third kappa shape index (κ3) is 5.03. The number of carbonyl (C=O) groups is 1. The maximum atomic E-state index is 12.7. The van der Waals surface area contributed by atoms with Crippen LogP contribution in [0.25, 0.3) is 16.2 Å². The summed E-state index contributed by atoms with van der Waals surface area (Å²) in [5.41, 5.74) is -0.749. The van der Waals surface area contributed by atoms with Crippen molar-refractivity contribution in [1.82, 2.24) is 5.32 Å². The van der Waals surface area contributed by atoms with Crippen LogP contribution in [-0.4, -0.2) is 29.9 Å². The molecule has 0 saturated carbocycles. The summed E-state index contributed by atoms with van der Waals surface area (Å²) < 4.78 is 23.3. The van der Waals surface area contributed by atoms with Crippen molar-refractivity contribution in [2.75, 3.05) is 14.2 Å². The predicted octanol–water partition coefficient (Wildman–Crippen LogP) is 4.58. The third-order valence-corrected chi connectivity index (χ3v) is 6.72. The molecule has 1 unspecified atom stereocenters. The second kappa shape index (κ2) is 9.20. The van der Waals surface area contributed by atoms with Gasteiger partial charge in [-0.15, -0.1) is 11.3 Å². The monoisotopic (exact) mass is 467 g/mol. The Balaban J connectivity index is 1.88. The summed E-state index contributed by atoms with van der Waals surface area (Å²) >= 11 is 7.31. The molecule has 0 fully saturated rings. The van der Waals surface area contributed by atoms with Crippen molar-refractivity contribution in [3.8, 4) is 11.5 Å². The Labute approximate surface area is 182 Å². The van der Waals surface area contributed by atoms with Crippen LogP contribution in [0.15, 0.2) is 48.0 Å². The van der Waals surface area contributed by atoms with E-state index >= 15 is 0 Å². The minimum atomic E-state index is -4.80. The van der Waals surface area contributed by atoms with Gasteiger partial charge in [-0.3, -0.25) is 9.36 Å². The lowest BCUT2D eigenvalue weighted by Gasteiger charge is -2.17. The Kier molecular flexibility index (Phi) is 6.85. The summed E-state index contributed by atoms with van der Waals surface area (Å²) in [7, 11) is -1.76. The fraction of sp³-hybridized carbons (Fsp3) is 0.150. The number of hydrogen-bond donors (Lipinski definition) is 3. The van der Waals surface area contributed by atoms with Gasteiger partial charge in [-0.05, 0) is 58.3 Å². The van der Waals surface area contributed by atoms with Crippen LogP contribution in [0.5, 0.6) is 11.5 Å². The largest absolute Gasteiger partial charge is 0.497 e. The average Bonchev–Trinajstić information content (AvgIpc) is 3.09. The van der Waals surface area contributed by atoms with Crippen LogP contribution >= 0.6 is 30.5 Å². The van der Waals surface area contributed by atoms with Gasteiger partial charge < -0.3 is 24.6 Å². The minimum absolute atomic E-state index is 0.236. The number of methoxy groups -OCH3 is 2. The summed E-state index contributed by atoms with van der Waals surface area (Å²) in [5, 5.41) is 4.98. The normalized spacial score (nSPS) is 12.8. The number of halogens is 1. The molecule has 0 bridgehead atoms. The summed E-state index contributed by atoms with van der Waals surface area (Å²) in [6.07, 6.45) is 2.89. The van der Waals surface area contributed by atoms with Crippen molar-refractivity contribution in [2.45, 2.75) is 5.66 Å². The Morgan fingerprint density at radius 3 is 2.43 bits per heavy atom. The van der Waals surface area contributed by atoms with Gasteiger partial charge in [0.1, 0.15) is 11.5 Å². The number of carbonyl (C=O) groups excluding carboxylic acids is 1. The first-order valence-corrected chi connectivity index (χ1v) is 11.6. The lowest BCUT2D eigenvalue weighted by Crippen LogP contribution is -2.25. The molecule has 2 aromatic carbocycles. The lowest BCUT2D eigenvalue weighted by molar-refractivity contribution is -0.120. The van der Waals surface area contributed by atoms with Gasteiger partial charge in [0.15, 0.2) is 5.66 Å². The van der Waals surface area contributed by atoms with Gasteiger partial charge in [0.2, 0.25) is 5.91 Å². The molecule has 0 saturated heterocycles. The first kappa shape index (κ1) is 22.3. The summed E-state index contributed by atoms with van der Waals surface area (Å²) in [4.78, 5) is 32.5. The van der Waals surface area contributed by atoms with Gasteiger partial charge in [0.25, 0.3) is 0 Å². The standard InChI is InChI=1S/C20H19ClNO6PS/c1-27-14-7-12(8-15(10-14)28-2)5-6-22-20(23)19(29(24,25)26)17-11-30-18-4-3-13(21)9-16(17)18/h3-11,19H,1-2H3,(H,22,23)(H2,24,25,26). The number of nitrogens with one attached hydrogen (secondary N) is 1. The molecule has 30 heavy (non-hydrogen) atoms. The smallest absolute Gasteiger partial charge is 0.342 e. The van der Waals surface area contributed by atoms with E-state index in [4.69, 9.17) is 21.1 Å². The number of thiophene rings is 1. The van der Waals surface area contributed by atoms with Gasteiger partial charge in [-0.2, -0.15) is 0 Å². The zero-order valence-electron chi connectivity index (χ0n) is 16.0. The van der Waals surface area contributed by atoms with Gasteiger partial charge in [0.05, 0.1) is 14.2 Å². The van der Waals surface area contributed by atoms with E-state index in [0.29, 0.717) is 27.5 Å². The number of rotatable bonds is 7. The summed E-state index contributed by atoms with van der Waals surface area (Å²) in [6, 6.07) is 10.2. The van der Waals surface area contributed by atoms with Crippen molar-refractivity contribution < 1.29 is 28.6 Å². The molecule has 3 rings (SSSR count). The van der Waals surface area contributed by atoms with Crippen molar-refractivity contribution in [3.05, 3.63) is 64.1 Å². The minimum Gasteiger partial charge on any atom is -0.497 e. The molecule has 0 aliphatic heterocycles. The van der Waals surface area contributed by atoms with Crippen LogP contribution in [0, 0.1) is 0 Å². The molecule has 0 aliphatic carbocycles. The SMILES string of the molecule is COc1cc(C=CNC(=O)C(c2csc3ccc(Cl)cc23)P(=O)(O)O)cc(OC)c1. The fourth-order valence-corrected chi connectivity index (χ4v) is 5.13. The van der Waals surface area contributed by atoms with E-state index in [1.807, 2.05) is 0 Å². The molecule has 3 aromatic rings. The van der Waals surface area contributed by atoms with Crippen molar-refractivity contribution in [1.29, 1.82) is 0 Å².